The average Bonchev–Trinajstić information content (AvgIpc) is 2.75. The molecule has 0 aromatic rings. The monoisotopic (exact) mass is 446 g/mol. The molecular weight excluding hydrogens is 415 g/mol. The number of hydrogen-bond donors (Lipinski definition) is 2. The van der Waals surface area contributed by atoms with E-state index >= 15 is 0 Å². The van der Waals surface area contributed by atoms with Gasteiger partial charge in [0.2, 0.25) is 0 Å². The maximum Gasteiger partial charge on any atom is 0.191 e. The van der Waals surface area contributed by atoms with E-state index in [-0.39, 0.29) is 41.5 Å². The fourth-order valence-corrected chi connectivity index (χ4v) is 3.97. The molecule has 0 bridgehead atoms. The van der Waals surface area contributed by atoms with Crippen molar-refractivity contribution in [1.29, 1.82) is 0 Å². The minimum atomic E-state index is -2.85. The summed E-state index contributed by atoms with van der Waals surface area (Å²) < 4.78 is 23.0. The van der Waals surface area contributed by atoms with Gasteiger partial charge < -0.3 is 15.5 Å². The van der Waals surface area contributed by atoms with Crippen molar-refractivity contribution in [3.63, 3.8) is 0 Å². The third-order valence-electron chi connectivity index (χ3n) is 3.56. The number of rotatable bonds is 8. The molecule has 1 unspecified atom stereocenters. The van der Waals surface area contributed by atoms with E-state index in [0.717, 1.165) is 32.1 Å². The Morgan fingerprint density at radius 3 is 2.59 bits per heavy atom. The van der Waals surface area contributed by atoms with Gasteiger partial charge in [-0.15, -0.1) is 24.0 Å². The van der Waals surface area contributed by atoms with Crippen LogP contribution in [0.15, 0.2) is 4.99 Å². The van der Waals surface area contributed by atoms with E-state index in [2.05, 4.69) is 34.5 Å². The molecule has 2 N–H and O–H groups in total. The number of aliphatic imine (C=N–C) groups is 1. The summed E-state index contributed by atoms with van der Waals surface area (Å²) in [6, 6.07) is -0.00868. The van der Waals surface area contributed by atoms with Crippen molar-refractivity contribution >= 4 is 39.8 Å². The topological polar surface area (TPSA) is 73.8 Å². The molecular formula is C14H31IN4O2S. The van der Waals surface area contributed by atoms with Gasteiger partial charge in [-0.3, -0.25) is 4.99 Å². The Kier molecular flexibility index (Phi) is 11.4. The standard InChI is InChI=1S/C14H30N4O2S.HI/c1-4-6-9-18(3)10-8-16-14(15-5-2)17-13-7-11-21(19,20)12-13;/h13H,4-12H2,1-3H3,(H2,15,16,17);1H. The van der Waals surface area contributed by atoms with Crippen molar-refractivity contribution in [2.24, 2.45) is 4.99 Å². The summed E-state index contributed by atoms with van der Waals surface area (Å²) in [6.07, 6.45) is 3.08. The summed E-state index contributed by atoms with van der Waals surface area (Å²) in [5.41, 5.74) is 0. The number of halogens is 1. The van der Waals surface area contributed by atoms with Crippen LogP contribution in [0.3, 0.4) is 0 Å². The van der Waals surface area contributed by atoms with E-state index in [4.69, 9.17) is 0 Å². The SMILES string of the molecule is CCCCN(C)CCN=C(NCC)NC1CCS(=O)(=O)C1.I. The Morgan fingerprint density at radius 2 is 2.05 bits per heavy atom. The molecule has 0 aliphatic carbocycles. The van der Waals surface area contributed by atoms with Crippen LogP contribution in [0.4, 0.5) is 0 Å². The second-order valence-electron chi connectivity index (χ2n) is 5.66. The fraction of sp³-hybridized carbons (Fsp3) is 0.929. The van der Waals surface area contributed by atoms with E-state index < -0.39 is 9.84 Å². The van der Waals surface area contributed by atoms with Crippen LogP contribution < -0.4 is 10.6 Å². The van der Waals surface area contributed by atoms with Gasteiger partial charge in [-0.1, -0.05) is 13.3 Å². The molecule has 1 saturated heterocycles. The maximum atomic E-state index is 11.5. The second kappa shape index (κ2) is 11.4. The van der Waals surface area contributed by atoms with Gasteiger partial charge in [0.25, 0.3) is 0 Å². The Hall–Kier alpha value is -0.0900. The number of unbranched alkanes of at least 4 members (excludes halogenated alkanes) is 1. The summed E-state index contributed by atoms with van der Waals surface area (Å²) in [7, 11) is -0.748. The molecule has 8 heteroatoms. The predicted molar refractivity (Wildman–Crippen MR) is 104 cm³/mol. The first-order valence-electron chi connectivity index (χ1n) is 7.90. The Morgan fingerprint density at radius 1 is 1.32 bits per heavy atom. The molecule has 0 spiro atoms. The molecule has 0 radical (unpaired) electrons. The average molecular weight is 446 g/mol. The first-order chi connectivity index (χ1) is 9.96. The summed E-state index contributed by atoms with van der Waals surface area (Å²) in [4.78, 5) is 6.81. The van der Waals surface area contributed by atoms with E-state index in [9.17, 15) is 8.42 Å². The van der Waals surface area contributed by atoms with Gasteiger partial charge in [0.1, 0.15) is 0 Å². The molecule has 1 rings (SSSR count). The fourth-order valence-electron chi connectivity index (χ4n) is 2.29. The Bertz CT molecular complexity index is 429. The third kappa shape index (κ3) is 9.14. The van der Waals surface area contributed by atoms with Crippen molar-refractivity contribution in [1.82, 2.24) is 15.5 Å². The zero-order valence-corrected chi connectivity index (χ0v) is 17.1. The zero-order valence-electron chi connectivity index (χ0n) is 14.0. The first-order valence-corrected chi connectivity index (χ1v) is 9.72. The van der Waals surface area contributed by atoms with E-state index in [0.29, 0.717) is 6.42 Å². The molecule has 132 valence electrons. The molecule has 0 amide bonds. The lowest BCUT2D eigenvalue weighted by Gasteiger charge is -2.17. The van der Waals surface area contributed by atoms with E-state index in [1.807, 2.05) is 6.92 Å². The van der Waals surface area contributed by atoms with Crippen molar-refractivity contribution in [3.05, 3.63) is 0 Å². The maximum absolute atomic E-state index is 11.5. The summed E-state index contributed by atoms with van der Waals surface area (Å²) in [5, 5.41) is 6.41. The quantitative estimate of drug-likeness (QED) is 0.332. The van der Waals surface area contributed by atoms with Gasteiger partial charge in [0.05, 0.1) is 18.1 Å². The smallest absolute Gasteiger partial charge is 0.191 e. The lowest BCUT2D eigenvalue weighted by Crippen LogP contribution is -2.44. The Labute approximate surface area is 152 Å². The van der Waals surface area contributed by atoms with Crippen LogP contribution in [-0.4, -0.2) is 70.1 Å². The Balaban J connectivity index is 0.00000441. The molecule has 1 aliphatic heterocycles. The zero-order chi connectivity index (χ0) is 15.7. The minimum absolute atomic E-state index is 0. The summed E-state index contributed by atoms with van der Waals surface area (Å²) >= 11 is 0. The van der Waals surface area contributed by atoms with Crippen molar-refractivity contribution in [2.75, 3.05) is 44.7 Å². The molecule has 0 aromatic heterocycles. The lowest BCUT2D eigenvalue weighted by atomic mass is 10.3. The molecule has 22 heavy (non-hydrogen) atoms. The molecule has 1 fully saturated rings. The molecule has 0 saturated carbocycles. The normalized spacial score (nSPS) is 20.7. The number of hydrogen-bond acceptors (Lipinski definition) is 4. The summed E-state index contributed by atoms with van der Waals surface area (Å²) in [6.45, 7) is 7.70. The first kappa shape index (κ1) is 21.9. The van der Waals surface area contributed by atoms with Crippen LogP contribution in [0, 0.1) is 0 Å². The number of likely N-dealkylation sites (N-methyl/N-ethyl adjacent to an activating group) is 1. The van der Waals surface area contributed by atoms with Crippen LogP contribution >= 0.6 is 24.0 Å². The van der Waals surface area contributed by atoms with Gasteiger partial charge in [0, 0.05) is 19.1 Å². The lowest BCUT2D eigenvalue weighted by molar-refractivity contribution is 0.337. The number of nitrogens with zero attached hydrogens (tertiary/aromatic N) is 2. The highest BCUT2D eigenvalue weighted by Gasteiger charge is 2.28. The number of sulfone groups is 1. The minimum Gasteiger partial charge on any atom is -0.357 e. The molecule has 1 aliphatic rings. The van der Waals surface area contributed by atoms with Gasteiger partial charge in [-0.05, 0) is 33.4 Å². The van der Waals surface area contributed by atoms with Crippen LogP contribution in [0.5, 0.6) is 0 Å². The van der Waals surface area contributed by atoms with Crippen LogP contribution in [0.2, 0.25) is 0 Å². The van der Waals surface area contributed by atoms with Crippen molar-refractivity contribution in [2.45, 2.75) is 39.2 Å². The number of nitrogens with one attached hydrogen (secondary N) is 2. The predicted octanol–water partition coefficient (Wildman–Crippen LogP) is 1.08. The van der Waals surface area contributed by atoms with Gasteiger partial charge in [0.15, 0.2) is 15.8 Å². The van der Waals surface area contributed by atoms with Crippen LogP contribution in [0.25, 0.3) is 0 Å². The molecule has 1 atom stereocenters. The third-order valence-corrected chi connectivity index (χ3v) is 5.33. The van der Waals surface area contributed by atoms with E-state index in [1.165, 1.54) is 12.8 Å². The highest BCUT2D eigenvalue weighted by Crippen LogP contribution is 2.10. The van der Waals surface area contributed by atoms with Gasteiger partial charge in [-0.25, -0.2) is 8.42 Å². The van der Waals surface area contributed by atoms with Crippen molar-refractivity contribution < 1.29 is 8.42 Å². The summed E-state index contributed by atoms with van der Waals surface area (Å²) in [5.74, 6) is 1.22. The highest BCUT2D eigenvalue weighted by atomic mass is 127. The highest BCUT2D eigenvalue weighted by molar-refractivity contribution is 14.0. The van der Waals surface area contributed by atoms with Crippen LogP contribution in [-0.2, 0) is 9.84 Å². The largest absolute Gasteiger partial charge is 0.357 e. The van der Waals surface area contributed by atoms with Crippen LogP contribution in [0.1, 0.15) is 33.1 Å². The van der Waals surface area contributed by atoms with Gasteiger partial charge >= 0.3 is 0 Å². The second-order valence-corrected chi connectivity index (χ2v) is 7.89. The number of guanidine groups is 1. The van der Waals surface area contributed by atoms with Crippen molar-refractivity contribution in [3.8, 4) is 0 Å². The van der Waals surface area contributed by atoms with Gasteiger partial charge in [-0.2, -0.15) is 0 Å². The molecule has 1 heterocycles. The molecule has 0 aromatic carbocycles. The molecule has 6 nitrogen and oxygen atoms in total. The van der Waals surface area contributed by atoms with E-state index in [1.54, 1.807) is 0 Å².